The number of rotatable bonds is 7. The van der Waals surface area contributed by atoms with Crippen molar-refractivity contribution in [3.8, 4) is 5.75 Å². The molecule has 0 aliphatic rings. The van der Waals surface area contributed by atoms with Gasteiger partial charge >= 0.3 is 0 Å². The number of aryl methyl sites for hydroxylation is 1. The Balaban J connectivity index is 1.62. The summed E-state index contributed by atoms with van der Waals surface area (Å²) in [6.07, 6.45) is 1.55. The number of ether oxygens (including phenoxy) is 1. The molecule has 0 spiro atoms. The minimum atomic E-state index is 0.439. The van der Waals surface area contributed by atoms with Gasteiger partial charge in [-0.2, -0.15) is 5.10 Å². The van der Waals surface area contributed by atoms with Gasteiger partial charge in [0.25, 0.3) is 0 Å². The Labute approximate surface area is 176 Å². The monoisotopic (exact) mass is 412 g/mol. The Morgan fingerprint density at radius 2 is 1.90 bits per heavy atom. The van der Waals surface area contributed by atoms with Crippen molar-refractivity contribution in [3.63, 3.8) is 0 Å². The predicted molar refractivity (Wildman–Crippen MR) is 115 cm³/mol. The fraction of sp³-hybridized carbons (Fsp3) is 0.286. The highest BCUT2D eigenvalue weighted by Gasteiger charge is 2.11. The van der Waals surface area contributed by atoms with E-state index in [0.717, 1.165) is 22.9 Å². The largest absolute Gasteiger partial charge is 0.487 e. The van der Waals surface area contributed by atoms with E-state index in [-0.39, 0.29) is 0 Å². The third-order valence-electron chi connectivity index (χ3n) is 4.53. The van der Waals surface area contributed by atoms with Crippen molar-refractivity contribution in [1.29, 1.82) is 0 Å². The summed E-state index contributed by atoms with van der Waals surface area (Å²) in [5.41, 5.74) is 2.22. The van der Waals surface area contributed by atoms with Crippen molar-refractivity contribution in [2.24, 2.45) is 12.0 Å². The first-order chi connectivity index (χ1) is 14.1. The van der Waals surface area contributed by atoms with E-state index in [1.807, 2.05) is 55.4 Å². The maximum Gasteiger partial charge on any atom is 0.194 e. The number of guanidine groups is 1. The zero-order valence-electron chi connectivity index (χ0n) is 16.8. The van der Waals surface area contributed by atoms with Crippen molar-refractivity contribution in [2.75, 3.05) is 14.1 Å². The molecule has 0 atom stereocenters. The average molecular weight is 413 g/mol. The topological polar surface area (TPSA) is 67.6 Å². The molecule has 0 saturated carbocycles. The van der Waals surface area contributed by atoms with Gasteiger partial charge in [-0.3, -0.25) is 9.67 Å². The summed E-state index contributed by atoms with van der Waals surface area (Å²) in [6.45, 7) is 1.67. The second-order valence-corrected chi connectivity index (χ2v) is 6.95. The van der Waals surface area contributed by atoms with E-state index in [2.05, 4.69) is 32.5 Å². The Morgan fingerprint density at radius 1 is 1.17 bits per heavy atom. The molecule has 2 aromatic carbocycles. The molecular weight excluding hydrogens is 388 g/mol. The number of para-hydroxylation sites is 1. The van der Waals surface area contributed by atoms with Crippen LogP contribution >= 0.6 is 11.6 Å². The molecule has 0 bridgehead atoms. The third kappa shape index (κ3) is 5.48. The van der Waals surface area contributed by atoms with Crippen LogP contribution < -0.4 is 10.1 Å². The van der Waals surface area contributed by atoms with Crippen LogP contribution in [0.4, 0.5) is 0 Å². The summed E-state index contributed by atoms with van der Waals surface area (Å²) < 4.78 is 7.66. The molecule has 0 unspecified atom stereocenters. The van der Waals surface area contributed by atoms with Crippen molar-refractivity contribution < 1.29 is 4.74 Å². The lowest BCUT2D eigenvalue weighted by Crippen LogP contribution is -2.38. The fourth-order valence-corrected chi connectivity index (χ4v) is 3.09. The molecule has 0 amide bonds. The van der Waals surface area contributed by atoms with E-state index in [9.17, 15) is 0 Å². The van der Waals surface area contributed by atoms with Crippen molar-refractivity contribution in [3.05, 3.63) is 76.8 Å². The fourth-order valence-electron chi connectivity index (χ4n) is 2.90. The summed E-state index contributed by atoms with van der Waals surface area (Å²) in [5, 5.41) is 8.12. The molecule has 1 heterocycles. The van der Waals surface area contributed by atoms with E-state index in [4.69, 9.17) is 16.3 Å². The molecule has 7 nitrogen and oxygen atoms in total. The number of benzene rings is 2. The van der Waals surface area contributed by atoms with Gasteiger partial charge in [-0.15, -0.1) is 0 Å². The van der Waals surface area contributed by atoms with Crippen LogP contribution in [-0.4, -0.2) is 39.7 Å². The molecule has 0 radical (unpaired) electrons. The van der Waals surface area contributed by atoms with Crippen LogP contribution in [0.1, 0.15) is 17.0 Å². The summed E-state index contributed by atoms with van der Waals surface area (Å²) in [4.78, 5) is 10.6. The van der Waals surface area contributed by atoms with Crippen LogP contribution in [0.5, 0.6) is 5.75 Å². The van der Waals surface area contributed by atoms with Gasteiger partial charge in [0, 0.05) is 27.7 Å². The van der Waals surface area contributed by atoms with Gasteiger partial charge < -0.3 is 15.0 Å². The van der Waals surface area contributed by atoms with Crippen molar-refractivity contribution in [1.82, 2.24) is 25.0 Å². The third-order valence-corrected chi connectivity index (χ3v) is 4.84. The maximum atomic E-state index is 6.19. The lowest BCUT2D eigenvalue weighted by atomic mass is 10.1. The quantitative estimate of drug-likeness (QED) is 0.476. The zero-order chi connectivity index (χ0) is 20.6. The first kappa shape index (κ1) is 20.7. The number of nitrogens with zero attached hydrogens (tertiary/aromatic N) is 5. The van der Waals surface area contributed by atoms with Gasteiger partial charge in [0.2, 0.25) is 0 Å². The molecule has 0 fully saturated rings. The molecule has 3 aromatic rings. The van der Waals surface area contributed by atoms with E-state index in [0.29, 0.717) is 30.5 Å². The number of hydrogen-bond acceptors (Lipinski definition) is 4. The van der Waals surface area contributed by atoms with Gasteiger partial charge in [-0.05, 0) is 23.3 Å². The second kappa shape index (κ2) is 9.93. The molecule has 1 N–H and O–H groups in total. The number of nitrogens with one attached hydrogen (secondary N) is 1. The smallest absolute Gasteiger partial charge is 0.194 e. The van der Waals surface area contributed by atoms with Crippen molar-refractivity contribution in [2.45, 2.75) is 19.7 Å². The number of aliphatic imine (C=N–C) groups is 1. The molecule has 0 aliphatic heterocycles. The zero-order valence-corrected chi connectivity index (χ0v) is 17.6. The lowest BCUT2D eigenvalue weighted by molar-refractivity contribution is 0.305. The van der Waals surface area contributed by atoms with Gasteiger partial charge in [-0.25, -0.2) is 4.98 Å². The maximum absolute atomic E-state index is 6.19. The minimum absolute atomic E-state index is 0.439. The molecular formula is C21H25ClN6O. The summed E-state index contributed by atoms with van der Waals surface area (Å²) in [7, 11) is 5.61. The first-order valence-electron chi connectivity index (χ1n) is 9.27. The van der Waals surface area contributed by atoms with Gasteiger partial charge in [0.15, 0.2) is 5.96 Å². The van der Waals surface area contributed by atoms with Crippen LogP contribution in [0.3, 0.4) is 0 Å². The van der Waals surface area contributed by atoms with E-state index >= 15 is 0 Å². The predicted octanol–water partition coefficient (Wildman–Crippen LogP) is 3.25. The highest BCUT2D eigenvalue weighted by atomic mass is 35.5. The first-order valence-corrected chi connectivity index (χ1v) is 9.65. The summed E-state index contributed by atoms with van der Waals surface area (Å²) in [6, 6.07) is 15.6. The van der Waals surface area contributed by atoms with Gasteiger partial charge in [0.1, 0.15) is 24.5 Å². The SMILES string of the molecule is CN=C(NCc1ccccc1COc1ccccc1Cl)N(C)Cc1ncnn1C. The standard InChI is InChI=1S/C21H25ClN6O/c1-23-21(27(2)13-20-25-15-26-28(20)3)24-12-16-8-4-5-9-17(16)14-29-19-11-7-6-10-18(19)22/h4-11,15H,12-14H2,1-3H3,(H,23,24). The Hall–Kier alpha value is -3.06. The molecule has 8 heteroatoms. The van der Waals surface area contributed by atoms with E-state index in [1.54, 1.807) is 18.1 Å². The number of aromatic nitrogens is 3. The summed E-state index contributed by atoms with van der Waals surface area (Å²) in [5.74, 6) is 2.31. The number of hydrogen-bond donors (Lipinski definition) is 1. The van der Waals surface area contributed by atoms with Crippen LogP contribution in [0.2, 0.25) is 5.02 Å². The van der Waals surface area contributed by atoms with Crippen molar-refractivity contribution >= 4 is 17.6 Å². The van der Waals surface area contributed by atoms with E-state index in [1.165, 1.54) is 0 Å². The average Bonchev–Trinajstić information content (AvgIpc) is 3.13. The molecule has 0 saturated heterocycles. The summed E-state index contributed by atoms with van der Waals surface area (Å²) >= 11 is 6.19. The van der Waals surface area contributed by atoms with Crippen LogP contribution in [0.25, 0.3) is 0 Å². The molecule has 152 valence electrons. The van der Waals surface area contributed by atoms with Crippen LogP contribution in [0.15, 0.2) is 59.9 Å². The number of halogens is 1. The lowest BCUT2D eigenvalue weighted by Gasteiger charge is -2.22. The molecule has 29 heavy (non-hydrogen) atoms. The normalized spacial score (nSPS) is 11.4. The molecule has 0 aliphatic carbocycles. The molecule has 1 aromatic heterocycles. The highest BCUT2D eigenvalue weighted by molar-refractivity contribution is 6.32. The Morgan fingerprint density at radius 3 is 2.59 bits per heavy atom. The van der Waals surface area contributed by atoms with Crippen LogP contribution in [-0.2, 0) is 26.7 Å². The Bertz CT molecular complexity index is 971. The second-order valence-electron chi connectivity index (χ2n) is 6.54. The van der Waals surface area contributed by atoms with Crippen LogP contribution in [0, 0.1) is 0 Å². The molecule has 3 rings (SSSR count). The van der Waals surface area contributed by atoms with E-state index < -0.39 is 0 Å². The minimum Gasteiger partial charge on any atom is -0.487 e. The Kier molecular flexibility index (Phi) is 7.08. The van der Waals surface area contributed by atoms with Gasteiger partial charge in [0.05, 0.1) is 11.6 Å². The van der Waals surface area contributed by atoms with Gasteiger partial charge in [-0.1, -0.05) is 48.0 Å². The highest BCUT2D eigenvalue weighted by Crippen LogP contribution is 2.24.